The highest BCUT2D eigenvalue weighted by Gasteiger charge is 2.20. The van der Waals surface area contributed by atoms with Gasteiger partial charge in [-0.3, -0.25) is 13.9 Å². The van der Waals surface area contributed by atoms with Gasteiger partial charge < -0.3 is 13.9 Å². The first kappa shape index (κ1) is 24.0. The van der Waals surface area contributed by atoms with Gasteiger partial charge in [0.25, 0.3) is 5.56 Å². The van der Waals surface area contributed by atoms with Crippen molar-refractivity contribution in [3.63, 3.8) is 0 Å². The standard InChI is InChI=1S/C27H25N5O5/c1-15-6-8-17(9-7-15)23-28-13-20-24(30-23)31(3)27(34)32(26(20)33)14-21-16(2)37-25(29-21)19-11-10-18(35-4)12-22(19)36-5/h6-13H,14H2,1-5H3. The molecule has 0 aliphatic rings. The van der Waals surface area contributed by atoms with E-state index in [0.29, 0.717) is 40.2 Å². The Labute approximate surface area is 211 Å². The number of benzene rings is 2. The molecule has 0 saturated heterocycles. The van der Waals surface area contributed by atoms with Gasteiger partial charge in [-0.05, 0) is 26.0 Å². The molecule has 0 aliphatic heterocycles. The molecule has 10 nitrogen and oxygen atoms in total. The Hall–Kier alpha value is -4.73. The summed E-state index contributed by atoms with van der Waals surface area (Å²) in [6.07, 6.45) is 1.46. The third kappa shape index (κ3) is 4.26. The van der Waals surface area contributed by atoms with Gasteiger partial charge in [0.05, 0.1) is 26.3 Å². The zero-order chi connectivity index (χ0) is 26.3. The fraction of sp³-hybridized carbons (Fsp3) is 0.222. The molecule has 0 N–H and O–H groups in total. The molecule has 0 bridgehead atoms. The summed E-state index contributed by atoms with van der Waals surface area (Å²) in [5.41, 5.74) is 2.21. The summed E-state index contributed by atoms with van der Waals surface area (Å²) < 4.78 is 19.0. The molecule has 0 saturated carbocycles. The average Bonchev–Trinajstić information content (AvgIpc) is 3.29. The van der Waals surface area contributed by atoms with Crippen LogP contribution >= 0.6 is 0 Å². The van der Waals surface area contributed by atoms with Gasteiger partial charge in [0.1, 0.15) is 28.3 Å². The minimum atomic E-state index is -0.517. The van der Waals surface area contributed by atoms with E-state index in [-0.39, 0.29) is 17.6 Å². The number of oxazole rings is 1. The molecule has 37 heavy (non-hydrogen) atoms. The van der Waals surface area contributed by atoms with E-state index in [1.807, 2.05) is 31.2 Å². The lowest BCUT2D eigenvalue weighted by molar-refractivity contribution is 0.394. The molecule has 0 unspecified atom stereocenters. The number of aryl methyl sites for hydroxylation is 3. The highest BCUT2D eigenvalue weighted by Crippen LogP contribution is 2.33. The Morgan fingerprint density at radius 3 is 2.43 bits per heavy atom. The summed E-state index contributed by atoms with van der Waals surface area (Å²) in [7, 11) is 4.69. The second-order valence-corrected chi connectivity index (χ2v) is 8.62. The zero-order valence-electron chi connectivity index (χ0n) is 21.1. The maximum atomic E-state index is 13.3. The van der Waals surface area contributed by atoms with Crippen LogP contribution < -0.4 is 20.7 Å². The topological polar surface area (TPSA) is 114 Å². The molecule has 3 heterocycles. The summed E-state index contributed by atoms with van der Waals surface area (Å²) in [4.78, 5) is 40.0. The van der Waals surface area contributed by atoms with Crippen LogP contribution in [-0.4, -0.2) is 38.3 Å². The highest BCUT2D eigenvalue weighted by atomic mass is 16.5. The van der Waals surface area contributed by atoms with Crippen molar-refractivity contribution >= 4 is 11.0 Å². The molecule has 0 radical (unpaired) electrons. The zero-order valence-corrected chi connectivity index (χ0v) is 21.1. The number of hydrogen-bond acceptors (Lipinski definition) is 8. The first-order valence-corrected chi connectivity index (χ1v) is 11.5. The molecular weight excluding hydrogens is 474 g/mol. The lowest BCUT2D eigenvalue weighted by atomic mass is 10.1. The van der Waals surface area contributed by atoms with Crippen LogP contribution in [0.2, 0.25) is 0 Å². The van der Waals surface area contributed by atoms with E-state index in [4.69, 9.17) is 13.9 Å². The molecule has 3 aromatic heterocycles. The minimum absolute atomic E-state index is 0.0744. The first-order valence-electron chi connectivity index (χ1n) is 11.5. The molecule has 0 atom stereocenters. The average molecular weight is 500 g/mol. The van der Waals surface area contributed by atoms with Crippen LogP contribution in [0, 0.1) is 13.8 Å². The Morgan fingerprint density at radius 2 is 1.73 bits per heavy atom. The Kier molecular flexibility index (Phi) is 6.08. The molecule has 5 rings (SSSR count). The van der Waals surface area contributed by atoms with Crippen molar-refractivity contribution in [2.75, 3.05) is 14.2 Å². The van der Waals surface area contributed by atoms with Crippen LogP contribution in [0.3, 0.4) is 0 Å². The van der Waals surface area contributed by atoms with Gasteiger partial charge in [-0.15, -0.1) is 0 Å². The smallest absolute Gasteiger partial charge is 0.332 e. The molecule has 10 heteroatoms. The fourth-order valence-electron chi connectivity index (χ4n) is 4.08. The van der Waals surface area contributed by atoms with E-state index in [9.17, 15) is 9.59 Å². The van der Waals surface area contributed by atoms with E-state index in [1.54, 1.807) is 46.4 Å². The van der Waals surface area contributed by atoms with Crippen molar-refractivity contribution < 1.29 is 13.9 Å². The predicted octanol–water partition coefficient (Wildman–Crippen LogP) is 3.49. The Balaban J connectivity index is 1.55. The fourth-order valence-corrected chi connectivity index (χ4v) is 4.08. The SMILES string of the molecule is COc1ccc(-c2nc(Cn3c(=O)c4cnc(-c5ccc(C)cc5)nc4n(C)c3=O)c(C)o2)c(OC)c1. The van der Waals surface area contributed by atoms with Gasteiger partial charge in [-0.25, -0.2) is 19.7 Å². The van der Waals surface area contributed by atoms with Crippen molar-refractivity contribution in [2.24, 2.45) is 7.05 Å². The van der Waals surface area contributed by atoms with Crippen LogP contribution in [0.5, 0.6) is 11.5 Å². The molecule has 0 fully saturated rings. The number of rotatable bonds is 6. The van der Waals surface area contributed by atoms with Gasteiger partial charge in [0.2, 0.25) is 5.89 Å². The molecular formula is C27H25N5O5. The quantitative estimate of drug-likeness (QED) is 0.349. The van der Waals surface area contributed by atoms with E-state index in [1.165, 1.54) is 10.8 Å². The molecule has 5 aromatic rings. The van der Waals surface area contributed by atoms with E-state index in [2.05, 4.69) is 15.0 Å². The van der Waals surface area contributed by atoms with E-state index in [0.717, 1.165) is 15.7 Å². The Bertz CT molecular complexity index is 1750. The summed E-state index contributed by atoms with van der Waals surface area (Å²) >= 11 is 0. The maximum Gasteiger partial charge on any atom is 0.332 e. The highest BCUT2D eigenvalue weighted by molar-refractivity contribution is 5.75. The second-order valence-electron chi connectivity index (χ2n) is 8.62. The van der Waals surface area contributed by atoms with Crippen molar-refractivity contribution in [3.8, 4) is 34.3 Å². The number of ether oxygens (including phenoxy) is 2. The lowest BCUT2D eigenvalue weighted by Gasteiger charge is -2.10. The van der Waals surface area contributed by atoms with Gasteiger partial charge in [-0.1, -0.05) is 29.8 Å². The third-order valence-corrected chi connectivity index (χ3v) is 6.23. The van der Waals surface area contributed by atoms with Gasteiger partial charge >= 0.3 is 5.69 Å². The summed E-state index contributed by atoms with van der Waals surface area (Å²) in [5, 5.41) is 0.233. The van der Waals surface area contributed by atoms with E-state index < -0.39 is 11.2 Å². The van der Waals surface area contributed by atoms with Crippen LogP contribution in [-0.2, 0) is 13.6 Å². The van der Waals surface area contributed by atoms with Crippen LogP contribution in [0.1, 0.15) is 17.0 Å². The maximum absolute atomic E-state index is 13.3. The van der Waals surface area contributed by atoms with Gasteiger partial charge in [0, 0.05) is 24.9 Å². The normalized spacial score (nSPS) is 11.2. The van der Waals surface area contributed by atoms with Gasteiger partial charge in [-0.2, -0.15) is 0 Å². The van der Waals surface area contributed by atoms with Crippen LogP contribution in [0.4, 0.5) is 0 Å². The molecule has 0 spiro atoms. The summed E-state index contributed by atoms with van der Waals surface area (Å²) in [6.45, 7) is 3.65. The minimum Gasteiger partial charge on any atom is -0.497 e. The van der Waals surface area contributed by atoms with Crippen molar-refractivity contribution in [1.82, 2.24) is 24.1 Å². The first-order chi connectivity index (χ1) is 17.8. The van der Waals surface area contributed by atoms with Crippen LogP contribution in [0.25, 0.3) is 33.9 Å². The van der Waals surface area contributed by atoms with Crippen molar-refractivity contribution in [2.45, 2.75) is 20.4 Å². The summed E-state index contributed by atoms with van der Waals surface area (Å²) in [5.74, 6) is 2.37. The summed E-state index contributed by atoms with van der Waals surface area (Å²) in [6, 6.07) is 13.0. The largest absolute Gasteiger partial charge is 0.497 e. The molecule has 0 amide bonds. The number of hydrogen-bond donors (Lipinski definition) is 0. The third-order valence-electron chi connectivity index (χ3n) is 6.23. The lowest BCUT2D eigenvalue weighted by Crippen LogP contribution is -2.40. The van der Waals surface area contributed by atoms with Gasteiger partial charge in [0.15, 0.2) is 11.5 Å². The van der Waals surface area contributed by atoms with Crippen molar-refractivity contribution in [3.05, 3.63) is 86.5 Å². The predicted molar refractivity (Wildman–Crippen MR) is 138 cm³/mol. The number of nitrogens with zero attached hydrogens (tertiary/aromatic N) is 5. The molecule has 0 aliphatic carbocycles. The second kappa shape index (κ2) is 9.38. The van der Waals surface area contributed by atoms with Crippen LogP contribution in [0.15, 0.2) is 62.7 Å². The Morgan fingerprint density at radius 1 is 0.973 bits per heavy atom. The molecule has 2 aromatic carbocycles. The number of methoxy groups -OCH3 is 2. The number of aromatic nitrogens is 5. The van der Waals surface area contributed by atoms with E-state index >= 15 is 0 Å². The van der Waals surface area contributed by atoms with Crippen molar-refractivity contribution in [1.29, 1.82) is 0 Å². The number of fused-ring (bicyclic) bond motifs is 1. The monoisotopic (exact) mass is 499 g/mol. The molecule has 188 valence electrons.